The molecule has 0 aromatic rings. The summed E-state index contributed by atoms with van der Waals surface area (Å²) in [5, 5.41) is 8.86. The summed E-state index contributed by atoms with van der Waals surface area (Å²) < 4.78 is 32.6. The number of allylic oxidation sites excluding steroid dienone is 4. The highest BCUT2D eigenvalue weighted by Gasteiger charge is 2.28. The molecule has 0 aromatic heterocycles. The van der Waals surface area contributed by atoms with Crippen LogP contribution in [0.25, 0.3) is 0 Å². The van der Waals surface area contributed by atoms with E-state index >= 15 is 0 Å². The van der Waals surface area contributed by atoms with Gasteiger partial charge in [0.1, 0.15) is 12.6 Å². The highest BCUT2D eigenvalue weighted by atomic mass is 31.2. The van der Waals surface area contributed by atoms with Crippen LogP contribution in [-0.4, -0.2) is 59.9 Å². The molecule has 0 fully saturated rings. The Labute approximate surface area is 309 Å². The Morgan fingerprint density at radius 3 is 1.49 bits per heavy atom. The molecule has 4 N–H and O–H groups in total. The molecule has 0 aliphatic carbocycles. The molecule has 0 aliphatic heterocycles. The number of esters is 2. The maximum atomic E-state index is 12.6. The molecule has 298 valence electrons. The van der Waals surface area contributed by atoms with Gasteiger partial charge in [-0.2, -0.15) is 0 Å². The van der Waals surface area contributed by atoms with Gasteiger partial charge < -0.3 is 25.2 Å². The predicted molar refractivity (Wildman–Crippen MR) is 203 cm³/mol. The summed E-state index contributed by atoms with van der Waals surface area (Å²) in [6.07, 6.45) is 33.9. The normalized spacial score (nSPS) is 14.1. The number of unbranched alkanes of at least 4 members (excludes halogenated alkanes) is 19. The minimum Gasteiger partial charge on any atom is -0.480 e. The summed E-state index contributed by atoms with van der Waals surface area (Å²) in [5.41, 5.74) is 5.32. The summed E-state index contributed by atoms with van der Waals surface area (Å²) in [5.74, 6) is -2.40. The lowest BCUT2D eigenvalue weighted by Crippen LogP contribution is -2.34. The maximum Gasteiger partial charge on any atom is 0.472 e. The number of aliphatic carboxylic acids is 1. The maximum absolute atomic E-state index is 12.6. The Morgan fingerprint density at radius 2 is 1.00 bits per heavy atom. The standard InChI is InChI=1S/C39H72NO10P/c1-3-5-7-9-11-13-15-16-17-18-19-21-23-25-27-29-31-38(42)50-35(33-48-51(45,46)49-34-36(40)39(43)44)32-47-37(41)30-28-26-24-22-20-14-12-10-8-6-4-2/h10,12,17-18,35-36H,3-9,11,13-16,19-34,40H2,1-2H3,(H,43,44)(H,45,46)/b12-10-,18-17-/t35-,36+/m1/s1. The average Bonchev–Trinajstić information content (AvgIpc) is 3.10. The van der Waals surface area contributed by atoms with Crippen molar-refractivity contribution in [2.24, 2.45) is 5.73 Å². The lowest BCUT2D eigenvalue weighted by atomic mass is 10.1. The number of carboxylic acid groups (broad SMARTS) is 1. The lowest BCUT2D eigenvalue weighted by molar-refractivity contribution is -0.161. The second kappa shape index (κ2) is 35.0. The van der Waals surface area contributed by atoms with Crippen LogP contribution in [0.15, 0.2) is 24.3 Å². The first kappa shape index (κ1) is 49.0. The van der Waals surface area contributed by atoms with Crippen LogP contribution in [-0.2, 0) is 37.5 Å². The van der Waals surface area contributed by atoms with Gasteiger partial charge in [-0.3, -0.25) is 23.4 Å². The summed E-state index contributed by atoms with van der Waals surface area (Å²) in [4.78, 5) is 45.7. The molecule has 1 unspecified atom stereocenters. The van der Waals surface area contributed by atoms with Crippen LogP contribution >= 0.6 is 7.82 Å². The fourth-order valence-corrected chi connectivity index (χ4v) is 5.99. The van der Waals surface area contributed by atoms with Gasteiger partial charge in [-0.05, 0) is 57.8 Å². The van der Waals surface area contributed by atoms with Crippen molar-refractivity contribution in [3.8, 4) is 0 Å². The van der Waals surface area contributed by atoms with E-state index in [4.69, 9.17) is 24.8 Å². The van der Waals surface area contributed by atoms with E-state index in [2.05, 4.69) is 42.7 Å². The molecule has 0 bridgehead atoms. The Kier molecular flexibility index (Phi) is 33.6. The number of carboxylic acids is 1. The fourth-order valence-electron chi connectivity index (χ4n) is 5.22. The van der Waals surface area contributed by atoms with Crippen molar-refractivity contribution >= 4 is 25.7 Å². The van der Waals surface area contributed by atoms with Gasteiger partial charge in [-0.15, -0.1) is 0 Å². The van der Waals surface area contributed by atoms with E-state index in [1.165, 1.54) is 57.8 Å². The Morgan fingerprint density at radius 1 is 0.588 bits per heavy atom. The first-order valence-electron chi connectivity index (χ1n) is 19.9. The van der Waals surface area contributed by atoms with Gasteiger partial charge in [0.15, 0.2) is 6.10 Å². The van der Waals surface area contributed by atoms with Crippen LogP contribution in [0.5, 0.6) is 0 Å². The van der Waals surface area contributed by atoms with Crippen molar-refractivity contribution in [2.45, 2.75) is 187 Å². The van der Waals surface area contributed by atoms with Crippen LogP contribution in [0.2, 0.25) is 0 Å². The number of carbonyl (C=O) groups excluding carboxylic acids is 2. The highest BCUT2D eigenvalue weighted by molar-refractivity contribution is 7.47. The van der Waals surface area contributed by atoms with Crippen LogP contribution < -0.4 is 5.73 Å². The van der Waals surface area contributed by atoms with Gasteiger partial charge in [0.05, 0.1) is 13.2 Å². The molecule has 0 rings (SSSR count). The largest absolute Gasteiger partial charge is 0.480 e. The molecule has 0 aromatic carbocycles. The van der Waals surface area contributed by atoms with Gasteiger partial charge in [-0.1, -0.05) is 128 Å². The van der Waals surface area contributed by atoms with Crippen molar-refractivity contribution in [2.75, 3.05) is 19.8 Å². The first-order chi connectivity index (χ1) is 24.6. The third-order valence-corrected chi connectivity index (χ3v) is 9.37. The van der Waals surface area contributed by atoms with Crippen molar-refractivity contribution < 1.29 is 47.5 Å². The van der Waals surface area contributed by atoms with E-state index in [1.807, 2.05) is 0 Å². The molecule has 0 amide bonds. The molecule has 0 saturated carbocycles. The van der Waals surface area contributed by atoms with Crippen molar-refractivity contribution in [3.05, 3.63) is 24.3 Å². The lowest BCUT2D eigenvalue weighted by Gasteiger charge is -2.20. The van der Waals surface area contributed by atoms with Crippen LogP contribution in [0.3, 0.4) is 0 Å². The molecule has 0 aliphatic rings. The topological polar surface area (TPSA) is 172 Å². The zero-order valence-electron chi connectivity index (χ0n) is 31.9. The second-order valence-corrected chi connectivity index (χ2v) is 14.9. The zero-order valence-corrected chi connectivity index (χ0v) is 32.8. The van der Waals surface area contributed by atoms with Gasteiger partial charge in [0.25, 0.3) is 0 Å². The SMILES string of the molecule is CCCC/C=C\CCCCCCCC(=O)OC[C@H](COP(=O)(O)OC[C@H](N)C(=O)O)OC(=O)CCCCCCC/C=C\CCCCCCCCC. The summed E-state index contributed by atoms with van der Waals surface area (Å²) in [7, 11) is -4.71. The summed E-state index contributed by atoms with van der Waals surface area (Å²) in [6, 6.07) is -1.52. The molecule has 12 heteroatoms. The second-order valence-electron chi connectivity index (χ2n) is 13.4. The Bertz CT molecular complexity index is 974. The van der Waals surface area contributed by atoms with Gasteiger partial charge in [0, 0.05) is 12.8 Å². The molecular formula is C39H72NO10P. The molecule has 0 heterocycles. The third-order valence-electron chi connectivity index (χ3n) is 8.42. The molecular weight excluding hydrogens is 673 g/mol. The molecule has 0 spiro atoms. The average molecular weight is 746 g/mol. The minimum atomic E-state index is -4.71. The highest BCUT2D eigenvalue weighted by Crippen LogP contribution is 2.43. The first-order valence-corrected chi connectivity index (χ1v) is 21.4. The third kappa shape index (κ3) is 34.8. The van der Waals surface area contributed by atoms with Crippen LogP contribution in [0.4, 0.5) is 0 Å². The van der Waals surface area contributed by atoms with E-state index in [-0.39, 0.29) is 19.4 Å². The van der Waals surface area contributed by atoms with E-state index in [0.717, 1.165) is 77.0 Å². The molecule has 51 heavy (non-hydrogen) atoms. The number of hydrogen-bond acceptors (Lipinski definition) is 9. The molecule has 0 radical (unpaired) electrons. The zero-order chi connectivity index (χ0) is 37.8. The van der Waals surface area contributed by atoms with Gasteiger partial charge in [-0.25, -0.2) is 4.57 Å². The number of rotatable bonds is 37. The number of hydrogen-bond donors (Lipinski definition) is 3. The van der Waals surface area contributed by atoms with E-state index in [1.54, 1.807) is 0 Å². The summed E-state index contributed by atoms with van der Waals surface area (Å²) in [6.45, 7) is 2.73. The number of phosphoric acid groups is 1. The van der Waals surface area contributed by atoms with Gasteiger partial charge >= 0.3 is 25.7 Å². The van der Waals surface area contributed by atoms with Crippen molar-refractivity contribution in [1.82, 2.24) is 0 Å². The van der Waals surface area contributed by atoms with E-state index in [0.29, 0.717) is 12.8 Å². The fraction of sp³-hybridized carbons (Fsp3) is 0.821. The van der Waals surface area contributed by atoms with Crippen molar-refractivity contribution in [3.63, 3.8) is 0 Å². The number of ether oxygens (including phenoxy) is 2. The van der Waals surface area contributed by atoms with E-state index < -0.39 is 51.1 Å². The quantitative estimate of drug-likeness (QED) is 0.0239. The monoisotopic (exact) mass is 745 g/mol. The Balaban J connectivity index is 4.42. The number of phosphoric ester groups is 1. The molecule has 0 saturated heterocycles. The van der Waals surface area contributed by atoms with Gasteiger partial charge in [0.2, 0.25) is 0 Å². The molecule has 11 nitrogen and oxygen atoms in total. The predicted octanol–water partition coefficient (Wildman–Crippen LogP) is 9.89. The van der Waals surface area contributed by atoms with Crippen molar-refractivity contribution in [1.29, 1.82) is 0 Å². The number of carbonyl (C=O) groups is 3. The number of nitrogens with two attached hydrogens (primary N) is 1. The smallest absolute Gasteiger partial charge is 0.472 e. The molecule has 3 atom stereocenters. The van der Waals surface area contributed by atoms with E-state index in [9.17, 15) is 23.8 Å². The summed E-state index contributed by atoms with van der Waals surface area (Å²) >= 11 is 0. The van der Waals surface area contributed by atoms with Crippen LogP contribution in [0.1, 0.15) is 174 Å². The van der Waals surface area contributed by atoms with Crippen LogP contribution in [0, 0.1) is 0 Å². The minimum absolute atomic E-state index is 0.151. The Hall–Kier alpha value is -2.04.